The third kappa shape index (κ3) is 4.03. The summed E-state index contributed by atoms with van der Waals surface area (Å²) in [5.74, 6) is -0.447. The molecule has 0 aliphatic rings. The van der Waals surface area contributed by atoms with Crippen LogP contribution >= 0.6 is 0 Å². The molecule has 0 aromatic heterocycles. The van der Waals surface area contributed by atoms with E-state index in [2.05, 4.69) is 20.9 Å². The molecule has 0 fully saturated rings. The molecule has 3 heteroatoms. The quantitative estimate of drug-likeness (QED) is 0.743. The summed E-state index contributed by atoms with van der Waals surface area (Å²) in [7, 11) is 2.15. The van der Waals surface area contributed by atoms with Crippen LogP contribution in [0.2, 0.25) is 0 Å². The molecule has 0 heterocycles. The minimum absolute atomic E-state index is 0.241. The number of carbonyl (C=O) groups excluding carboxylic acids is 1. The molecule has 1 unspecified atom stereocenters. The van der Waals surface area contributed by atoms with Crippen LogP contribution in [0.1, 0.15) is 29.8 Å². The van der Waals surface area contributed by atoms with Crippen molar-refractivity contribution in [3.63, 3.8) is 0 Å². The van der Waals surface area contributed by atoms with Crippen molar-refractivity contribution in [2.24, 2.45) is 5.92 Å². The number of hydrogen-bond donors (Lipinski definition) is 1. The maximum absolute atomic E-state index is 10.6. The lowest BCUT2D eigenvalue weighted by atomic mass is 10.1. The molecule has 88 valence electrons. The van der Waals surface area contributed by atoms with E-state index in [0.29, 0.717) is 5.92 Å². The van der Waals surface area contributed by atoms with Crippen molar-refractivity contribution in [1.82, 2.24) is 0 Å². The summed E-state index contributed by atoms with van der Waals surface area (Å²) in [6.45, 7) is 6.43. The van der Waals surface area contributed by atoms with Gasteiger partial charge in [-0.25, -0.2) is 0 Å². The monoisotopic (exact) mass is 221 g/mol. The Morgan fingerprint density at radius 2 is 1.88 bits per heavy atom. The zero-order valence-electron chi connectivity index (χ0n) is 10.1. The summed E-state index contributed by atoms with van der Waals surface area (Å²) in [6.07, 6.45) is 0. The highest BCUT2D eigenvalue weighted by atomic mass is 16.4. The molecule has 1 rings (SSSR count). The Hall–Kier alpha value is -1.35. The van der Waals surface area contributed by atoms with Gasteiger partial charge in [0.25, 0.3) is 0 Å². The van der Waals surface area contributed by atoms with Crippen LogP contribution in [0.5, 0.6) is 0 Å². The molecule has 3 nitrogen and oxygen atoms in total. The Morgan fingerprint density at radius 3 is 2.31 bits per heavy atom. The molecule has 0 bridgehead atoms. The number of hydrogen-bond acceptors (Lipinski definition) is 2. The van der Waals surface area contributed by atoms with E-state index in [9.17, 15) is 9.90 Å². The van der Waals surface area contributed by atoms with Gasteiger partial charge in [0.05, 0.1) is 19.6 Å². The predicted molar refractivity (Wildman–Crippen MR) is 61.1 cm³/mol. The molecule has 0 saturated carbocycles. The zero-order valence-corrected chi connectivity index (χ0v) is 10.1. The van der Waals surface area contributed by atoms with Crippen LogP contribution in [0, 0.1) is 5.92 Å². The van der Waals surface area contributed by atoms with Crippen molar-refractivity contribution in [3.8, 4) is 0 Å². The Labute approximate surface area is 96.7 Å². The fourth-order valence-corrected chi connectivity index (χ4v) is 1.88. The molecule has 0 aliphatic heterocycles. The number of carboxylic acids is 1. The smallest absolute Gasteiger partial charge is 0.103 e. The first-order chi connectivity index (χ1) is 7.49. The van der Waals surface area contributed by atoms with Crippen LogP contribution in [-0.2, 0) is 6.54 Å². The number of nitrogens with one attached hydrogen (secondary N) is 1. The Balaban J connectivity index is 2.58. The van der Waals surface area contributed by atoms with Gasteiger partial charge in [-0.15, -0.1) is 0 Å². The van der Waals surface area contributed by atoms with Crippen LogP contribution in [-0.4, -0.2) is 19.6 Å². The predicted octanol–water partition coefficient (Wildman–Crippen LogP) is -0.279. The summed E-state index contributed by atoms with van der Waals surface area (Å²) in [6, 6.07) is 6.92. The Morgan fingerprint density at radius 1 is 1.31 bits per heavy atom. The first kappa shape index (κ1) is 12.7. The lowest BCUT2D eigenvalue weighted by Crippen LogP contribution is -3.08. The molecule has 0 amide bonds. The van der Waals surface area contributed by atoms with Crippen LogP contribution in [0.3, 0.4) is 0 Å². The van der Waals surface area contributed by atoms with Gasteiger partial charge in [0, 0.05) is 11.5 Å². The van der Waals surface area contributed by atoms with E-state index in [1.165, 1.54) is 4.90 Å². The number of carbonyl (C=O) groups is 1. The molecule has 16 heavy (non-hydrogen) atoms. The highest BCUT2D eigenvalue weighted by molar-refractivity contribution is 5.85. The molecule has 0 aliphatic carbocycles. The van der Waals surface area contributed by atoms with Gasteiger partial charge in [-0.1, -0.05) is 38.1 Å². The summed E-state index contributed by atoms with van der Waals surface area (Å²) in [5.41, 5.74) is 1.40. The van der Waals surface area contributed by atoms with E-state index < -0.39 is 5.97 Å². The van der Waals surface area contributed by atoms with Crippen molar-refractivity contribution >= 4 is 5.97 Å². The number of quaternary nitrogens is 1. The molecule has 1 N–H and O–H groups in total. The van der Waals surface area contributed by atoms with Crippen LogP contribution in [0.15, 0.2) is 24.3 Å². The average Bonchev–Trinajstić information content (AvgIpc) is 2.16. The fraction of sp³-hybridized carbons (Fsp3) is 0.462. The second-order valence-electron chi connectivity index (χ2n) is 4.72. The molecule has 0 spiro atoms. The van der Waals surface area contributed by atoms with E-state index in [4.69, 9.17) is 0 Å². The highest BCUT2D eigenvalue weighted by Gasteiger charge is 2.06. The van der Waals surface area contributed by atoms with E-state index >= 15 is 0 Å². The molecule has 1 aromatic carbocycles. The van der Waals surface area contributed by atoms with Crippen molar-refractivity contribution in [2.45, 2.75) is 20.4 Å². The van der Waals surface area contributed by atoms with Gasteiger partial charge in [0.2, 0.25) is 0 Å². The van der Waals surface area contributed by atoms with Crippen molar-refractivity contribution in [2.75, 3.05) is 13.6 Å². The van der Waals surface area contributed by atoms with E-state index in [0.717, 1.165) is 18.7 Å². The van der Waals surface area contributed by atoms with Gasteiger partial charge < -0.3 is 14.8 Å². The summed E-state index contributed by atoms with van der Waals surface area (Å²) in [4.78, 5) is 12.0. The van der Waals surface area contributed by atoms with E-state index in [1.807, 2.05) is 12.1 Å². The summed E-state index contributed by atoms with van der Waals surface area (Å²) in [5, 5.41) is 10.6. The standard InChI is InChI=1S/C13H19NO2/c1-10(2)8-14(3)9-11-4-6-12(7-5-11)13(15)16/h4-7,10H,8-9H2,1-3H3,(H,15,16). The third-order valence-corrected chi connectivity index (χ3v) is 2.45. The number of benzene rings is 1. The highest BCUT2D eigenvalue weighted by Crippen LogP contribution is 2.02. The maximum Gasteiger partial charge on any atom is 0.103 e. The van der Waals surface area contributed by atoms with Gasteiger partial charge >= 0.3 is 0 Å². The first-order valence-electron chi connectivity index (χ1n) is 5.60. The van der Waals surface area contributed by atoms with Gasteiger partial charge in [0.15, 0.2) is 0 Å². The molecule has 0 radical (unpaired) electrons. The van der Waals surface area contributed by atoms with Crippen molar-refractivity contribution in [3.05, 3.63) is 35.4 Å². The SMILES string of the molecule is CC(C)C[NH+](C)Cc1ccc(C(=O)[O-])cc1. The number of carboxylic acid groups (broad SMARTS) is 1. The molecule has 1 aromatic rings. The summed E-state index contributed by atoms with van der Waals surface area (Å²) >= 11 is 0. The Bertz CT molecular complexity index is 343. The minimum Gasteiger partial charge on any atom is -0.545 e. The second-order valence-corrected chi connectivity index (χ2v) is 4.72. The van der Waals surface area contributed by atoms with Crippen molar-refractivity contribution in [1.29, 1.82) is 0 Å². The maximum atomic E-state index is 10.6. The lowest BCUT2D eigenvalue weighted by molar-refractivity contribution is -0.896. The van der Waals surface area contributed by atoms with E-state index in [-0.39, 0.29) is 5.56 Å². The average molecular weight is 221 g/mol. The van der Waals surface area contributed by atoms with Gasteiger partial charge in [-0.05, 0) is 5.56 Å². The first-order valence-corrected chi connectivity index (χ1v) is 5.60. The number of rotatable bonds is 5. The molecule has 0 saturated heterocycles. The summed E-state index contributed by atoms with van der Waals surface area (Å²) < 4.78 is 0. The van der Waals surface area contributed by atoms with Gasteiger partial charge in [-0.3, -0.25) is 0 Å². The zero-order chi connectivity index (χ0) is 12.1. The fourth-order valence-electron chi connectivity index (χ4n) is 1.88. The van der Waals surface area contributed by atoms with Crippen molar-refractivity contribution < 1.29 is 14.8 Å². The second kappa shape index (κ2) is 5.66. The molecular formula is C13H19NO2. The minimum atomic E-state index is -1.12. The largest absolute Gasteiger partial charge is 0.545 e. The lowest BCUT2D eigenvalue weighted by Gasteiger charge is -2.16. The molecular weight excluding hydrogens is 202 g/mol. The van der Waals surface area contributed by atoms with E-state index in [1.54, 1.807) is 12.1 Å². The van der Waals surface area contributed by atoms with Gasteiger partial charge in [0.1, 0.15) is 6.54 Å². The van der Waals surface area contributed by atoms with Crippen LogP contribution < -0.4 is 10.0 Å². The molecule has 1 atom stereocenters. The topological polar surface area (TPSA) is 44.6 Å². The third-order valence-electron chi connectivity index (χ3n) is 2.45. The number of aromatic carboxylic acids is 1. The van der Waals surface area contributed by atoms with Crippen LogP contribution in [0.25, 0.3) is 0 Å². The van der Waals surface area contributed by atoms with Gasteiger partial charge in [-0.2, -0.15) is 0 Å². The normalized spacial score (nSPS) is 12.8. The van der Waals surface area contributed by atoms with Crippen LogP contribution in [0.4, 0.5) is 0 Å². The Kier molecular flexibility index (Phi) is 4.50.